The zero-order valence-corrected chi connectivity index (χ0v) is 19.4. The first-order chi connectivity index (χ1) is 17.1. The van der Waals surface area contributed by atoms with E-state index in [1.807, 2.05) is 66.5 Å². The summed E-state index contributed by atoms with van der Waals surface area (Å²) in [7, 11) is 1.91. The van der Waals surface area contributed by atoms with E-state index < -0.39 is 6.09 Å². The van der Waals surface area contributed by atoms with Gasteiger partial charge < -0.3 is 20.6 Å². The van der Waals surface area contributed by atoms with E-state index in [1.54, 1.807) is 12.4 Å². The first-order valence-corrected chi connectivity index (χ1v) is 11.3. The third kappa shape index (κ3) is 6.73. The molecule has 0 saturated heterocycles. The zero-order valence-electron chi connectivity index (χ0n) is 19.4. The maximum atomic E-state index is 10.5. The van der Waals surface area contributed by atoms with Crippen LogP contribution in [0.1, 0.15) is 11.1 Å². The summed E-state index contributed by atoms with van der Waals surface area (Å²) in [5.41, 5.74) is 3.22. The molecule has 0 spiro atoms. The highest BCUT2D eigenvalue weighted by molar-refractivity contribution is 5.64. The normalized spacial score (nSPS) is 10.5. The quantitative estimate of drug-likeness (QED) is 0.317. The van der Waals surface area contributed by atoms with E-state index in [1.165, 1.54) is 5.56 Å². The number of amides is 1. The summed E-state index contributed by atoms with van der Waals surface area (Å²) >= 11 is 0. The highest BCUT2D eigenvalue weighted by Gasteiger charge is 2.10. The first-order valence-electron chi connectivity index (χ1n) is 11.3. The van der Waals surface area contributed by atoms with Gasteiger partial charge in [0.05, 0.1) is 0 Å². The molecule has 0 bridgehead atoms. The first kappa shape index (κ1) is 23.6. The van der Waals surface area contributed by atoms with E-state index in [9.17, 15) is 4.79 Å². The predicted octanol–water partition coefficient (Wildman–Crippen LogP) is 4.17. The molecular weight excluding hydrogens is 442 g/mol. The Morgan fingerprint density at radius 1 is 0.829 bits per heavy atom. The number of rotatable bonds is 10. The van der Waals surface area contributed by atoms with Gasteiger partial charge in [-0.25, -0.2) is 19.7 Å². The van der Waals surface area contributed by atoms with Crippen LogP contribution in [-0.4, -0.2) is 51.3 Å². The maximum Gasteiger partial charge on any atom is 0.404 e. The summed E-state index contributed by atoms with van der Waals surface area (Å²) in [5.74, 6) is 2.66. The number of hydrogen-bond acceptors (Lipinski definition) is 7. The van der Waals surface area contributed by atoms with Crippen molar-refractivity contribution < 1.29 is 9.90 Å². The number of carbonyl (C=O) groups is 1. The number of nitrogens with one attached hydrogen (secondary N) is 2. The molecule has 3 N–H and O–H groups in total. The van der Waals surface area contributed by atoms with Crippen LogP contribution in [-0.2, 0) is 12.8 Å². The van der Waals surface area contributed by atoms with E-state index in [2.05, 4.69) is 42.7 Å². The highest BCUT2D eigenvalue weighted by Crippen LogP contribution is 2.22. The number of aromatic nitrogens is 4. The molecule has 0 saturated carbocycles. The molecule has 2 aromatic carbocycles. The van der Waals surface area contributed by atoms with Crippen LogP contribution in [0.25, 0.3) is 11.4 Å². The standard InChI is InChI=1S/C26H27N7O2/c1-33(22-13-17-27-24(31-22)21-5-3-2-4-6-21)23-14-18-29-25(32-23)28-15-11-19-7-9-20(10-8-19)12-16-30-26(34)35/h2-10,13-14,17-18,30H,11-12,15-16H2,1H3,(H,34,35)(H,28,29,32). The molecular formula is C26H27N7O2. The van der Waals surface area contributed by atoms with Crippen molar-refractivity contribution in [2.24, 2.45) is 0 Å². The third-order valence-electron chi connectivity index (χ3n) is 5.41. The van der Waals surface area contributed by atoms with E-state index in [4.69, 9.17) is 5.11 Å². The molecule has 4 rings (SSSR count). The van der Waals surface area contributed by atoms with Gasteiger partial charge in [0, 0.05) is 38.1 Å². The van der Waals surface area contributed by atoms with E-state index >= 15 is 0 Å². The molecule has 0 aliphatic rings. The van der Waals surface area contributed by atoms with Crippen LogP contribution in [0, 0.1) is 0 Å². The topological polar surface area (TPSA) is 116 Å². The lowest BCUT2D eigenvalue weighted by Gasteiger charge is -2.18. The van der Waals surface area contributed by atoms with Crippen molar-refractivity contribution in [2.45, 2.75) is 12.8 Å². The third-order valence-corrected chi connectivity index (χ3v) is 5.41. The smallest absolute Gasteiger partial charge is 0.404 e. The summed E-state index contributed by atoms with van der Waals surface area (Å²) in [6.45, 7) is 1.08. The van der Waals surface area contributed by atoms with Gasteiger partial charge >= 0.3 is 6.09 Å². The molecule has 4 aromatic rings. The van der Waals surface area contributed by atoms with Crippen LogP contribution in [0.3, 0.4) is 0 Å². The molecule has 0 aliphatic heterocycles. The Morgan fingerprint density at radius 3 is 2.14 bits per heavy atom. The lowest BCUT2D eigenvalue weighted by molar-refractivity contribution is 0.194. The van der Waals surface area contributed by atoms with E-state index in [-0.39, 0.29) is 0 Å². The molecule has 0 fully saturated rings. The van der Waals surface area contributed by atoms with Crippen LogP contribution in [0.2, 0.25) is 0 Å². The summed E-state index contributed by atoms with van der Waals surface area (Å²) in [5, 5.41) is 14.3. The molecule has 0 aliphatic carbocycles. The van der Waals surface area contributed by atoms with Gasteiger partial charge in [-0.2, -0.15) is 4.98 Å². The summed E-state index contributed by atoms with van der Waals surface area (Å²) < 4.78 is 0. The van der Waals surface area contributed by atoms with Crippen molar-refractivity contribution in [3.8, 4) is 11.4 Å². The fraction of sp³-hybridized carbons (Fsp3) is 0.192. The van der Waals surface area contributed by atoms with Gasteiger partial charge in [0.25, 0.3) is 0 Å². The Kier molecular flexibility index (Phi) is 7.80. The second kappa shape index (κ2) is 11.6. The van der Waals surface area contributed by atoms with Crippen LogP contribution in [0.5, 0.6) is 0 Å². The molecule has 1 amide bonds. The lowest BCUT2D eigenvalue weighted by atomic mass is 10.1. The molecule has 0 atom stereocenters. The number of carboxylic acid groups (broad SMARTS) is 1. The second-order valence-electron chi connectivity index (χ2n) is 7.88. The summed E-state index contributed by atoms with van der Waals surface area (Å²) in [6, 6.07) is 21.7. The molecule has 9 heteroatoms. The molecule has 0 unspecified atom stereocenters. The molecule has 178 valence electrons. The zero-order chi connectivity index (χ0) is 24.5. The summed E-state index contributed by atoms with van der Waals surface area (Å²) in [4.78, 5) is 30.5. The van der Waals surface area contributed by atoms with Gasteiger partial charge in [-0.05, 0) is 36.1 Å². The predicted molar refractivity (Wildman–Crippen MR) is 136 cm³/mol. The molecule has 2 aromatic heterocycles. The van der Waals surface area contributed by atoms with Gasteiger partial charge in [-0.1, -0.05) is 54.6 Å². The van der Waals surface area contributed by atoms with E-state index in [0.717, 1.165) is 29.2 Å². The highest BCUT2D eigenvalue weighted by atomic mass is 16.4. The van der Waals surface area contributed by atoms with Crippen LogP contribution < -0.4 is 15.5 Å². The number of benzene rings is 2. The lowest BCUT2D eigenvalue weighted by Crippen LogP contribution is -2.23. The van der Waals surface area contributed by atoms with Gasteiger partial charge in [-0.15, -0.1) is 0 Å². The van der Waals surface area contributed by atoms with Crippen LogP contribution >= 0.6 is 0 Å². The summed E-state index contributed by atoms with van der Waals surface area (Å²) in [6.07, 6.45) is 3.94. The monoisotopic (exact) mass is 469 g/mol. The average Bonchev–Trinajstić information content (AvgIpc) is 2.90. The molecule has 35 heavy (non-hydrogen) atoms. The average molecular weight is 470 g/mol. The second-order valence-corrected chi connectivity index (χ2v) is 7.88. The van der Waals surface area contributed by atoms with Crippen LogP contribution in [0.15, 0.2) is 79.1 Å². The largest absolute Gasteiger partial charge is 0.465 e. The minimum atomic E-state index is -1.00. The Balaban J connectivity index is 1.33. The molecule has 2 heterocycles. The van der Waals surface area contributed by atoms with Gasteiger partial charge in [0.15, 0.2) is 5.82 Å². The van der Waals surface area contributed by atoms with Crippen molar-refractivity contribution in [3.05, 3.63) is 90.3 Å². The minimum absolute atomic E-state index is 0.404. The molecule has 9 nitrogen and oxygen atoms in total. The van der Waals surface area contributed by atoms with Crippen molar-refractivity contribution >= 4 is 23.7 Å². The Labute approximate surface area is 203 Å². The van der Waals surface area contributed by atoms with Crippen LogP contribution in [0.4, 0.5) is 22.4 Å². The minimum Gasteiger partial charge on any atom is -0.465 e. The number of hydrogen-bond donors (Lipinski definition) is 3. The Hall–Kier alpha value is -4.53. The Bertz CT molecular complexity index is 1250. The van der Waals surface area contributed by atoms with E-state index in [0.29, 0.717) is 31.3 Å². The van der Waals surface area contributed by atoms with Crippen molar-refractivity contribution in [3.63, 3.8) is 0 Å². The van der Waals surface area contributed by atoms with Gasteiger partial charge in [0.1, 0.15) is 11.6 Å². The fourth-order valence-electron chi connectivity index (χ4n) is 3.51. The van der Waals surface area contributed by atoms with Crippen molar-refractivity contribution in [1.82, 2.24) is 25.3 Å². The molecule has 0 radical (unpaired) electrons. The number of anilines is 3. The van der Waals surface area contributed by atoms with Crippen molar-refractivity contribution in [2.75, 3.05) is 30.4 Å². The van der Waals surface area contributed by atoms with Crippen molar-refractivity contribution in [1.29, 1.82) is 0 Å². The maximum absolute atomic E-state index is 10.5. The van der Waals surface area contributed by atoms with Gasteiger partial charge in [-0.3, -0.25) is 0 Å². The SMILES string of the molecule is CN(c1ccnc(NCCc2ccc(CCNC(=O)O)cc2)n1)c1ccnc(-c2ccccc2)n1. The number of nitrogens with zero attached hydrogens (tertiary/aromatic N) is 5. The Morgan fingerprint density at radius 2 is 1.46 bits per heavy atom. The van der Waals surface area contributed by atoms with Gasteiger partial charge in [0.2, 0.25) is 5.95 Å². The fourth-order valence-corrected chi connectivity index (χ4v) is 3.51.